The summed E-state index contributed by atoms with van der Waals surface area (Å²) in [5, 5.41) is 0. The van der Waals surface area contributed by atoms with Crippen molar-refractivity contribution in [2.45, 2.75) is 0 Å². The van der Waals surface area contributed by atoms with E-state index in [1.165, 1.54) is 0 Å². The van der Waals surface area contributed by atoms with Crippen LogP contribution in [0.5, 0.6) is 0 Å². The average Bonchev–Trinajstić information content (AvgIpc) is 1.97. The lowest BCUT2D eigenvalue weighted by Crippen LogP contribution is -1.90. The highest BCUT2D eigenvalue weighted by Gasteiger charge is 2.06. The number of nitrogens with zero attached hydrogens (tertiary/aromatic N) is 1. The predicted molar refractivity (Wildman–Crippen MR) is 37.0 cm³/mol. The van der Waals surface area contributed by atoms with E-state index in [4.69, 9.17) is 12.3 Å². The zero-order valence-electron chi connectivity index (χ0n) is 5.44. The van der Waals surface area contributed by atoms with Crippen LogP contribution in [-0.4, -0.2) is 0 Å². The topological polar surface area (TPSA) is 30.4 Å². The summed E-state index contributed by atoms with van der Waals surface area (Å²) in [5.74, 6) is -1.56. The number of hydrogen-bond donors (Lipinski definition) is 1. The summed E-state index contributed by atoms with van der Waals surface area (Å²) in [4.78, 5) is 2.75. The summed E-state index contributed by atoms with van der Waals surface area (Å²) in [6, 6.07) is 1.57. The van der Waals surface area contributed by atoms with Crippen molar-refractivity contribution >= 4 is 11.4 Å². The Labute approximate surface area is 62.1 Å². The monoisotopic (exact) mass is 154 g/mol. The molecule has 0 heterocycles. The van der Waals surface area contributed by atoms with Crippen LogP contribution in [-0.2, 0) is 0 Å². The molecule has 1 aromatic rings. The van der Waals surface area contributed by atoms with Crippen molar-refractivity contribution in [1.29, 1.82) is 0 Å². The number of benzene rings is 1. The van der Waals surface area contributed by atoms with Crippen LogP contribution in [0.4, 0.5) is 20.2 Å². The van der Waals surface area contributed by atoms with Crippen molar-refractivity contribution in [1.82, 2.24) is 0 Å². The number of rotatable bonds is 0. The number of halogens is 2. The summed E-state index contributed by atoms with van der Waals surface area (Å²) >= 11 is 0. The molecule has 0 bridgehead atoms. The summed E-state index contributed by atoms with van der Waals surface area (Å²) in [6.07, 6.45) is 0. The van der Waals surface area contributed by atoms with Gasteiger partial charge < -0.3 is 5.73 Å². The standard InChI is InChI=1S/C7H4F2N2/c1-11-7-3-4(8)6(10)2-5(7)9/h2-3H,10H2. The van der Waals surface area contributed by atoms with Gasteiger partial charge in [-0.2, -0.15) is 0 Å². The Morgan fingerprint density at radius 3 is 2.45 bits per heavy atom. The van der Waals surface area contributed by atoms with Crippen LogP contribution in [0.2, 0.25) is 0 Å². The molecule has 0 aliphatic rings. The van der Waals surface area contributed by atoms with E-state index >= 15 is 0 Å². The van der Waals surface area contributed by atoms with E-state index in [0.29, 0.717) is 0 Å². The molecule has 0 fully saturated rings. The van der Waals surface area contributed by atoms with E-state index in [1.54, 1.807) is 0 Å². The van der Waals surface area contributed by atoms with Gasteiger partial charge in [0.05, 0.1) is 12.3 Å². The highest BCUT2D eigenvalue weighted by atomic mass is 19.1. The van der Waals surface area contributed by atoms with Gasteiger partial charge in [0, 0.05) is 0 Å². The molecule has 0 aromatic heterocycles. The summed E-state index contributed by atoms with van der Waals surface area (Å²) in [5.41, 5.74) is 4.39. The molecule has 2 N–H and O–H groups in total. The second-order valence-corrected chi connectivity index (χ2v) is 1.94. The number of nitrogen functional groups attached to an aromatic ring is 1. The quantitative estimate of drug-likeness (QED) is 0.450. The molecule has 0 amide bonds. The Morgan fingerprint density at radius 2 is 1.91 bits per heavy atom. The van der Waals surface area contributed by atoms with Gasteiger partial charge in [-0.1, -0.05) is 0 Å². The van der Waals surface area contributed by atoms with E-state index < -0.39 is 11.6 Å². The molecule has 56 valence electrons. The lowest BCUT2D eigenvalue weighted by molar-refractivity contribution is 0.609. The van der Waals surface area contributed by atoms with Gasteiger partial charge >= 0.3 is 0 Å². The Balaban J connectivity index is 3.35. The van der Waals surface area contributed by atoms with Gasteiger partial charge in [-0.05, 0) is 12.1 Å². The van der Waals surface area contributed by atoms with Crippen molar-refractivity contribution in [3.05, 3.63) is 35.2 Å². The van der Waals surface area contributed by atoms with Crippen molar-refractivity contribution < 1.29 is 8.78 Å². The second kappa shape index (κ2) is 2.54. The van der Waals surface area contributed by atoms with Gasteiger partial charge in [-0.3, -0.25) is 0 Å². The molecule has 1 aromatic carbocycles. The van der Waals surface area contributed by atoms with Crippen molar-refractivity contribution in [3.63, 3.8) is 0 Å². The number of anilines is 1. The fourth-order valence-electron chi connectivity index (χ4n) is 0.637. The van der Waals surface area contributed by atoms with Crippen LogP contribution >= 0.6 is 0 Å². The minimum atomic E-state index is -0.793. The Kier molecular flexibility index (Phi) is 1.73. The first-order valence-corrected chi connectivity index (χ1v) is 2.77. The maximum atomic E-state index is 12.6. The molecular weight excluding hydrogens is 150 g/mol. The minimum absolute atomic E-state index is 0.282. The maximum Gasteiger partial charge on any atom is 0.225 e. The minimum Gasteiger partial charge on any atom is -0.396 e. The molecule has 0 saturated carbocycles. The Bertz CT molecular complexity index is 328. The highest BCUT2D eigenvalue weighted by molar-refractivity contribution is 5.54. The van der Waals surface area contributed by atoms with Gasteiger partial charge in [0.25, 0.3) is 0 Å². The Morgan fingerprint density at radius 1 is 1.27 bits per heavy atom. The maximum absolute atomic E-state index is 12.6. The van der Waals surface area contributed by atoms with E-state index in [2.05, 4.69) is 4.85 Å². The molecule has 0 atom stereocenters. The molecule has 0 unspecified atom stereocenters. The first kappa shape index (κ1) is 7.48. The fourth-order valence-corrected chi connectivity index (χ4v) is 0.637. The third-order valence-corrected chi connectivity index (χ3v) is 1.19. The summed E-state index contributed by atoms with van der Waals surface area (Å²) < 4.78 is 25.1. The van der Waals surface area contributed by atoms with Crippen molar-refractivity contribution in [2.75, 3.05) is 5.73 Å². The second-order valence-electron chi connectivity index (χ2n) is 1.94. The summed E-state index contributed by atoms with van der Waals surface area (Å²) in [6.45, 7) is 6.43. The molecule has 0 saturated heterocycles. The van der Waals surface area contributed by atoms with E-state index in [9.17, 15) is 8.78 Å². The normalized spacial score (nSPS) is 9.18. The SMILES string of the molecule is [C-]#[N+]c1cc(F)c(N)cc1F. The van der Waals surface area contributed by atoms with Crippen LogP contribution < -0.4 is 5.73 Å². The molecule has 1 rings (SSSR count). The van der Waals surface area contributed by atoms with Crippen LogP contribution in [0, 0.1) is 18.2 Å². The zero-order valence-corrected chi connectivity index (χ0v) is 5.44. The first-order valence-electron chi connectivity index (χ1n) is 2.77. The lowest BCUT2D eigenvalue weighted by atomic mass is 10.2. The molecule has 0 aliphatic carbocycles. The molecule has 4 heteroatoms. The predicted octanol–water partition coefficient (Wildman–Crippen LogP) is 2.10. The molecule has 0 spiro atoms. The highest BCUT2D eigenvalue weighted by Crippen LogP contribution is 2.22. The van der Waals surface area contributed by atoms with Gasteiger partial charge in [0.1, 0.15) is 11.6 Å². The van der Waals surface area contributed by atoms with E-state index in [0.717, 1.165) is 12.1 Å². The van der Waals surface area contributed by atoms with Gasteiger partial charge in [0.2, 0.25) is 5.69 Å². The van der Waals surface area contributed by atoms with Crippen molar-refractivity contribution in [3.8, 4) is 0 Å². The van der Waals surface area contributed by atoms with Gasteiger partial charge in [-0.25, -0.2) is 13.6 Å². The van der Waals surface area contributed by atoms with Crippen molar-refractivity contribution in [2.24, 2.45) is 0 Å². The lowest BCUT2D eigenvalue weighted by Gasteiger charge is -1.97. The van der Waals surface area contributed by atoms with Gasteiger partial charge in [-0.15, -0.1) is 0 Å². The zero-order chi connectivity index (χ0) is 8.43. The molecule has 0 radical (unpaired) electrons. The number of nitrogens with two attached hydrogens (primary N) is 1. The molecule has 0 aliphatic heterocycles. The van der Waals surface area contributed by atoms with Gasteiger partial charge in [0.15, 0.2) is 0 Å². The third-order valence-electron chi connectivity index (χ3n) is 1.19. The largest absolute Gasteiger partial charge is 0.396 e. The first-order chi connectivity index (χ1) is 5.15. The molecular formula is C7H4F2N2. The van der Waals surface area contributed by atoms with Crippen LogP contribution in [0.25, 0.3) is 4.85 Å². The summed E-state index contributed by atoms with van der Waals surface area (Å²) in [7, 11) is 0. The average molecular weight is 154 g/mol. The Hall–Kier alpha value is -1.63. The van der Waals surface area contributed by atoms with Crippen LogP contribution in [0.3, 0.4) is 0 Å². The van der Waals surface area contributed by atoms with Crippen LogP contribution in [0.15, 0.2) is 12.1 Å². The molecule has 2 nitrogen and oxygen atoms in total. The van der Waals surface area contributed by atoms with E-state index in [1.807, 2.05) is 0 Å². The fraction of sp³-hybridized carbons (Fsp3) is 0. The smallest absolute Gasteiger partial charge is 0.225 e. The number of hydrogen-bond acceptors (Lipinski definition) is 1. The van der Waals surface area contributed by atoms with E-state index in [-0.39, 0.29) is 11.4 Å². The van der Waals surface area contributed by atoms with Crippen LogP contribution in [0.1, 0.15) is 0 Å². The molecule has 11 heavy (non-hydrogen) atoms. The third kappa shape index (κ3) is 1.27.